The molecule has 0 spiro atoms. The van der Waals surface area contributed by atoms with Crippen molar-refractivity contribution in [3.63, 3.8) is 0 Å². The third-order valence-electron chi connectivity index (χ3n) is 3.12. The van der Waals surface area contributed by atoms with E-state index < -0.39 is 0 Å². The van der Waals surface area contributed by atoms with Crippen LogP contribution in [0.4, 0.5) is 0 Å². The molecule has 0 saturated heterocycles. The summed E-state index contributed by atoms with van der Waals surface area (Å²) < 4.78 is 0. The fourth-order valence-electron chi connectivity index (χ4n) is 2.23. The van der Waals surface area contributed by atoms with Gasteiger partial charge in [0.05, 0.1) is 7.85 Å². The lowest BCUT2D eigenvalue weighted by atomic mass is 9.60. The zero-order chi connectivity index (χ0) is 11.5. The lowest BCUT2D eigenvalue weighted by Gasteiger charge is -2.30. The van der Waals surface area contributed by atoms with E-state index in [-0.39, 0.29) is 5.31 Å². The van der Waals surface area contributed by atoms with Crippen molar-refractivity contribution in [2.24, 2.45) is 0 Å². The molecule has 1 aromatic carbocycles. The average Bonchev–Trinajstić information content (AvgIpc) is 2.16. The smallest absolute Gasteiger partial charge is 0.0654 e. The molecule has 0 aliphatic carbocycles. The zero-order valence-electron chi connectivity index (χ0n) is 10.4. The minimum absolute atomic E-state index is 0.133. The van der Waals surface area contributed by atoms with E-state index in [2.05, 4.69) is 45.9 Å². The topological polar surface area (TPSA) is 0 Å². The summed E-state index contributed by atoms with van der Waals surface area (Å²) in [5.41, 5.74) is 3.91. The highest BCUT2D eigenvalue weighted by Crippen LogP contribution is 2.30. The van der Waals surface area contributed by atoms with Crippen molar-refractivity contribution < 1.29 is 0 Å². The lowest BCUT2D eigenvalue weighted by molar-refractivity contribution is 0.527. The number of benzene rings is 1. The fourth-order valence-corrected chi connectivity index (χ4v) is 2.23. The van der Waals surface area contributed by atoms with Crippen molar-refractivity contribution in [2.75, 3.05) is 0 Å². The van der Waals surface area contributed by atoms with Crippen LogP contribution in [-0.4, -0.2) is 7.85 Å². The van der Waals surface area contributed by atoms with Gasteiger partial charge in [-0.25, -0.2) is 0 Å². The first-order chi connectivity index (χ1) is 7.01. The third kappa shape index (κ3) is 2.87. The van der Waals surface area contributed by atoms with Gasteiger partial charge in [-0.1, -0.05) is 68.0 Å². The van der Waals surface area contributed by atoms with E-state index in [9.17, 15) is 0 Å². The van der Waals surface area contributed by atoms with Gasteiger partial charge in [-0.2, -0.15) is 0 Å². The van der Waals surface area contributed by atoms with Crippen LogP contribution in [0, 0.1) is 13.8 Å². The Kier molecular flexibility index (Phi) is 4.01. The van der Waals surface area contributed by atoms with Crippen LogP contribution >= 0.6 is 0 Å². The molecule has 80 valence electrons. The highest BCUT2D eigenvalue weighted by molar-refractivity contribution is 6.15. The second kappa shape index (κ2) is 4.87. The van der Waals surface area contributed by atoms with Crippen molar-refractivity contribution >= 4 is 7.85 Å². The first kappa shape index (κ1) is 12.4. The SMILES string of the molecule is [B]C(CC)(CCC)c1cc(C)cc(C)c1. The van der Waals surface area contributed by atoms with Gasteiger partial charge in [-0.05, 0) is 19.2 Å². The summed E-state index contributed by atoms with van der Waals surface area (Å²) in [6, 6.07) is 6.66. The van der Waals surface area contributed by atoms with E-state index in [0.717, 1.165) is 19.3 Å². The molecule has 0 N–H and O–H groups in total. The zero-order valence-corrected chi connectivity index (χ0v) is 10.4. The number of aryl methyl sites for hydroxylation is 2. The van der Waals surface area contributed by atoms with Crippen LogP contribution in [0.1, 0.15) is 49.8 Å². The Morgan fingerprint density at radius 1 is 1.07 bits per heavy atom. The van der Waals surface area contributed by atoms with E-state index >= 15 is 0 Å². The molecule has 0 fully saturated rings. The molecule has 0 aliphatic rings. The summed E-state index contributed by atoms with van der Waals surface area (Å²) in [4.78, 5) is 0. The predicted octanol–water partition coefficient (Wildman–Crippen LogP) is 3.88. The summed E-state index contributed by atoms with van der Waals surface area (Å²) in [5.74, 6) is 0. The van der Waals surface area contributed by atoms with Crippen LogP contribution in [0.25, 0.3) is 0 Å². The molecule has 2 radical (unpaired) electrons. The maximum Gasteiger partial charge on any atom is 0.0810 e. The Morgan fingerprint density at radius 2 is 1.60 bits per heavy atom. The van der Waals surface area contributed by atoms with E-state index in [1.807, 2.05) is 0 Å². The maximum atomic E-state index is 6.47. The second-order valence-corrected chi connectivity index (χ2v) is 4.64. The van der Waals surface area contributed by atoms with Gasteiger partial charge in [0.25, 0.3) is 0 Å². The van der Waals surface area contributed by atoms with E-state index in [0.29, 0.717) is 0 Å². The minimum Gasteiger partial charge on any atom is -0.0654 e. The number of hydrogen-bond donors (Lipinski definition) is 0. The normalized spacial score (nSPS) is 14.9. The maximum absolute atomic E-state index is 6.47. The van der Waals surface area contributed by atoms with Crippen LogP contribution in [0.5, 0.6) is 0 Å². The largest absolute Gasteiger partial charge is 0.0810 e. The van der Waals surface area contributed by atoms with Gasteiger partial charge in [-0.15, -0.1) is 0 Å². The van der Waals surface area contributed by atoms with Crippen molar-refractivity contribution in [2.45, 2.75) is 52.3 Å². The quantitative estimate of drug-likeness (QED) is 0.647. The van der Waals surface area contributed by atoms with Gasteiger partial charge >= 0.3 is 0 Å². The van der Waals surface area contributed by atoms with Crippen molar-refractivity contribution in [1.82, 2.24) is 0 Å². The summed E-state index contributed by atoms with van der Waals surface area (Å²) in [6.07, 6.45) is 3.20. The second-order valence-electron chi connectivity index (χ2n) is 4.64. The molecular weight excluding hydrogens is 179 g/mol. The Balaban J connectivity index is 3.11. The molecule has 1 heteroatoms. The van der Waals surface area contributed by atoms with Crippen LogP contribution < -0.4 is 0 Å². The summed E-state index contributed by atoms with van der Waals surface area (Å²) >= 11 is 0. The Labute approximate surface area is 95.5 Å². The highest BCUT2D eigenvalue weighted by atomic mass is 14.2. The number of hydrogen-bond acceptors (Lipinski definition) is 0. The molecule has 15 heavy (non-hydrogen) atoms. The van der Waals surface area contributed by atoms with Crippen LogP contribution in [-0.2, 0) is 5.31 Å². The van der Waals surface area contributed by atoms with Gasteiger partial charge in [-0.3, -0.25) is 0 Å². The molecule has 0 aliphatic heterocycles. The molecule has 0 heterocycles. The van der Waals surface area contributed by atoms with E-state index in [4.69, 9.17) is 7.85 Å². The summed E-state index contributed by atoms with van der Waals surface area (Å²) in [7, 11) is 6.47. The van der Waals surface area contributed by atoms with Crippen LogP contribution in [0.15, 0.2) is 18.2 Å². The van der Waals surface area contributed by atoms with Crippen LogP contribution in [0.2, 0.25) is 0 Å². The predicted molar refractivity (Wildman–Crippen MR) is 68.5 cm³/mol. The molecule has 0 saturated carbocycles. The standard InChI is InChI=1S/C14H21B/c1-5-7-14(15,6-2)13-9-11(3)8-12(4)10-13/h8-10H,5-7H2,1-4H3. The molecule has 1 unspecified atom stereocenters. The fraction of sp³-hybridized carbons (Fsp3) is 0.571. The molecule has 0 amide bonds. The van der Waals surface area contributed by atoms with Crippen LogP contribution in [0.3, 0.4) is 0 Å². The minimum atomic E-state index is -0.133. The molecule has 0 aromatic heterocycles. The molecule has 1 atom stereocenters. The first-order valence-electron chi connectivity index (χ1n) is 5.89. The van der Waals surface area contributed by atoms with Gasteiger partial charge < -0.3 is 0 Å². The third-order valence-corrected chi connectivity index (χ3v) is 3.12. The van der Waals surface area contributed by atoms with E-state index in [1.165, 1.54) is 16.7 Å². The molecule has 1 rings (SSSR count). The van der Waals surface area contributed by atoms with Gasteiger partial charge in [0.15, 0.2) is 0 Å². The molecule has 1 aromatic rings. The summed E-state index contributed by atoms with van der Waals surface area (Å²) in [5, 5.41) is -0.133. The van der Waals surface area contributed by atoms with Gasteiger partial charge in [0.2, 0.25) is 0 Å². The Morgan fingerprint density at radius 3 is 2.00 bits per heavy atom. The lowest BCUT2D eigenvalue weighted by Crippen LogP contribution is -2.25. The summed E-state index contributed by atoms with van der Waals surface area (Å²) in [6.45, 7) is 8.64. The number of rotatable bonds is 4. The average molecular weight is 200 g/mol. The monoisotopic (exact) mass is 200 g/mol. The van der Waals surface area contributed by atoms with Crippen molar-refractivity contribution in [3.05, 3.63) is 34.9 Å². The van der Waals surface area contributed by atoms with Crippen molar-refractivity contribution in [1.29, 1.82) is 0 Å². The Hall–Kier alpha value is -0.715. The van der Waals surface area contributed by atoms with Gasteiger partial charge in [0, 0.05) is 0 Å². The molecule has 0 bridgehead atoms. The van der Waals surface area contributed by atoms with Crippen molar-refractivity contribution in [3.8, 4) is 0 Å². The Bertz CT molecular complexity index is 310. The molecule has 0 nitrogen and oxygen atoms in total. The molecular formula is C14H21B. The highest BCUT2D eigenvalue weighted by Gasteiger charge is 2.22. The van der Waals surface area contributed by atoms with Gasteiger partial charge in [0.1, 0.15) is 0 Å². The first-order valence-corrected chi connectivity index (χ1v) is 5.89. The van der Waals surface area contributed by atoms with E-state index in [1.54, 1.807) is 0 Å².